The largest absolute Gasteiger partial charge is 0.483 e. The first-order valence-electron chi connectivity index (χ1n) is 10.9. The molecule has 1 amide bonds. The van der Waals surface area contributed by atoms with Crippen LogP contribution in [0.15, 0.2) is 42.9 Å². The molecule has 10 heteroatoms. The van der Waals surface area contributed by atoms with Crippen molar-refractivity contribution < 1.29 is 9.53 Å². The number of carbonyl (C=O) groups excluding carboxylic acids is 1. The number of benzene rings is 1. The monoisotopic (exact) mass is 465 g/mol. The zero-order chi connectivity index (χ0) is 22.6. The van der Waals surface area contributed by atoms with Gasteiger partial charge in [-0.15, -0.1) is 0 Å². The van der Waals surface area contributed by atoms with Gasteiger partial charge < -0.3 is 25.6 Å². The quantitative estimate of drug-likeness (QED) is 0.542. The molecular formula is C23H24ClN7O2. The number of halogens is 1. The SMILES string of the molecule is O=C(COc1ccc2cc1CCc1cncc(c1)Nc1ncc(Cl)c(n1)N2)N1CCNCC1. The normalized spacial score (nSPS) is 15.2. The average Bonchev–Trinajstić information content (AvgIpc) is 2.85. The summed E-state index contributed by atoms with van der Waals surface area (Å²) in [5.74, 6) is 1.60. The van der Waals surface area contributed by atoms with Gasteiger partial charge in [-0.1, -0.05) is 11.6 Å². The van der Waals surface area contributed by atoms with Gasteiger partial charge in [-0.05, 0) is 48.2 Å². The van der Waals surface area contributed by atoms with Crippen LogP contribution in [0.1, 0.15) is 11.1 Å². The zero-order valence-corrected chi connectivity index (χ0v) is 18.7. The third-order valence-electron chi connectivity index (χ3n) is 5.62. The number of nitrogens with zero attached hydrogens (tertiary/aromatic N) is 4. The van der Waals surface area contributed by atoms with Crippen molar-refractivity contribution in [2.75, 3.05) is 43.4 Å². The molecule has 0 atom stereocenters. The molecule has 2 aliphatic heterocycles. The van der Waals surface area contributed by atoms with Crippen LogP contribution < -0.4 is 20.7 Å². The number of hydrogen-bond acceptors (Lipinski definition) is 8. The van der Waals surface area contributed by atoms with Crippen LogP contribution >= 0.6 is 11.6 Å². The lowest BCUT2D eigenvalue weighted by Gasteiger charge is -2.27. The Kier molecular flexibility index (Phi) is 6.23. The Balaban J connectivity index is 1.42. The Morgan fingerprint density at radius 1 is 1.06 bits per heavy atom. The molecule has 1 aromatic carbocycles. The zero-order valence-electron chi connectivity index (χ0n) is 18.0. The standard InChI is InChI=1S/C23H24ClN7O2/c24-19-13-27-23-29-18-9-15(11-26-12-18)1-2-16-10-17(28-22(19)30-23)3-4-20(16)33-14-21(32)31-7-5-25-6-8-31/h3-4,9-13,25H,1-2,5-8,14H2,(H2,27,28,29,30). The molecule has 2 aliphatic rings. The number of carbonyl (C=O) groups is 1. The Labute approximate surface area is 196 Å². The van der Waals surface area contributed by atoms with Crippen molar-refractivity contribution in [2.45, 2.75) is 12.8 Å². The van der Waals surface area contributed by atoms with E-state index in [0.717, 1.165) is 48.4 Å². The summed E-state index contributed by atoms with van der Waals surface area (Å²) in [6, 6.07) is 7.80. The maximum atomic E-state index is 12.6. The highest BCUT2D eigenvalue weighted by molar-refractivity contribution is 6.32. The maximum absolute atomic E-state index is 12.6. The summed E-state index contributed by atoms with van der Waals surface area (Å²) < 4.78 is 5.98. The van der Waals surface area contributed by atoms with Gasteiger partial charge in [-0.2, -0.15) is 4.98 Å². The van der Waals surface area contributed by atoms with Gasteiger partial charge >= 0.3 is 0 Å². The topological polar surface area (TPSA) is 104 Å². The highest BCUT2D eigenvalue weighted by Crippen LogP contribution is 2.30. The second-order valence-corrected chi connectivity index (χ2v) is 8.37. The van der Waals surface area contributed by atoms with E-state index in [4.69, 9.17) is 16.3 Å². The molecule has 0 saturated carbocycles. The maximum Gasteiger partial charge on any atom is 0.260 e. The molecule has 2 aromatic heterocycles. The first-order chi connectivity index (χ1) is 16.1. The fourth-order valence-corrected chi connectivity index (χ4v) is 4.03. The molecule has 1 saturated heterocycles. The van der Waals surface area contributed by atoms with Crippen LogP contribution in [0.3, 0.4) is 0 Å². The summed E-state index contributed by atoms with van der Waals surface area (Å²) in [6.45, 7) is 3.05. The molecule has 9 nitrogen and oxygen atoms in total. The smallest absolute Gasteiger partial charge is 0.260 e. The molecule has 6 bridgehead atoms. The van der Waals surface area contributed by atoms with E-state index in [-0.39, 0.29) is 12.5 Å². The van der Waals surface area contributed by atoms with E-state index in [2.05, 4.69) is 30.9 Å². The molecule has 0 aliphatic carbocycles. The number of rotatable bonds is 3. The van der Waals surface area contributed by atoms with E-state index < -0.39 is 0 Å². The third kappa shape index (κ3) is 5.15. The van der Waals surface area contributed by atoms with Gasteiger partial charge in [0.2, 0.25) is 5.95 Å². The van der Waals surface area contributed by atoms with Gasteiger partial charge in [-0.3, -0.25) is 9.78 Å². The lowest BCUT2D eigenvalue weighted by atomic mass is 10.0. The van der Waals surface area contributed by atoms with E-state index in [1.807, 2.05) is 35.4 Å². The number of amides is 1. The number of nitrogens with one attached hydrogen (secondary N) is 3. The highest BCUT2D eigenvalue weighted by Gasteiger charge is 2.18. The summed E-state index contributed by atoms with van der Waals surface area (Å²) in [4.78, 5) is 27.5. The number of anilines is 4. The van der Waals surface area contributed by atoms with Crippen LogP contribution in [-0.2, 0) is 17.6 Å². The summed E-state index contributed by atoms with van der Waals surface area (Å²) in [5.41, 5.74) is 3.66. The Morgan fingerprint density at radius 2 is 1.94 bits per heavy atom. The van der Waals surface area contributed by atoms with Crippen molar-refractivity contribution in [1.82, 2.24) is 25.2 Å². The fourth-order valence-electron chi connectivity index (χ4n) is 3.89. The van der Waals surface area contributed by atoms with Gasteiger partial charge in [0.15, 0.2) is 12.4 Å². The molecule has 0 unspecified atom stereocenters. The van der Waals surface area contributed by atoms with Crippen LogP contribution in [0, 0.1) is 0 Å². The van der Waals surface area contributed by atoms with Crippen LogP contribution in [0.25, 0.3) is 0 Å². The minimum absolute atomic E-state index is 0.00110. The molecule has 5 rings (SSSR count). The second kappa shape index (κ2) is 9.60. The van der Waals surface area contributed by atoms with E-state index in [1.54, 1.807) is 12.4 Å². The van der Waals surface area contributed by atoms with Crippen LogP contribution in [0.4, 0.5) is 23.1 Å². The number of fused-ring (bicyclic) bond motifs is 6. The molecule has 1 fully saturated rings. The highest BCUT2D eigenvalue weighted by atomic mass is 35.5. The van der Waals surface area contributed by atoms with Crippen LogP contribution in [0.5, 0.6) is 5.75 Å². The van der Waals surface area contributed by atoms with Crippen molar-refractivity contribution in [3.05, 3.63) is 59.0 Å². The third-order valence-corrected chi connectivity index (χ3v) is 5.90. The van der Waals surface area contributed by atoms with Crippen molar-refractivity contribution >= 4 is 40.6 Å². The van der Waals surface area contributed by atoms with E-state index in [9.17, 15) is 4.79 Å². The number of piperazine rings is 1. The minimum Gasteiger partial charge on any atom is -0.483 e. The molecule has 3 aromatic rings. The fraction of sp³-hybridized carbons (Fsp3) is 0.304. The molecular weight excluding hydrogens is 442 g/mol. The Hall–Kier alpha value is -3.43. The van der Waals surface area contributed by atoms with Gasteiger partial charge in [0, 0.05) is 38.1 Å². The number of hydrogen-bond donors (Lipinski definition) is 3. The molecule has 4 heterocycles. The first kappa shape index (κ1) is 21.4. The van der Waals surface area contributed by atoms with Gasteiger partial charge in [0.1, 0.15) is 10.8 Å². The molecule has 3 N–H and O–H groups in total. The summed E-state index contributed by atoms with van der Waals surface area (Å²) in [6.07, 6.45) is 6.60. The van der Waals surface area contributed by atoms with Gasteiger partial charge in [0.25, 0.3) is 5.91 Å². The van der Waals surface area contributed by atoms with Gasteiger partial charge in [-0.25, -0.2) is 4.98 Å². The summed E-state index contributed by atoms with van der Waals surface area (Å²) in [7, 11) is 0. The molecule has 0 spiro atoms. The average molecular weight is 466 g/mol. The number of aryl methyl sites for hydroxylation is 2. The van der Waals surface area contributed by atoms with Gasteiger partial charge in [0.05, 0.1) is 18.1 Å². The summed E-state index contributed by atoms with van der Waals surface area (Å²) >= 11 is 6.32. The van der Waals surface area contributed by atoms with Crippen molar-refractivity contribution in [2.24, 2.45) is 0 Å². The summed E-state index contributed by atoms with van der Waals surface area (Å²) in [5, 5.41) is 10.1. The lowest BCUT2D eigenvalue weighted by Crippen LogP contribution is -2.47. The predicted octanol–water partition coefficient (Wildman–Crippen LogP) is 2.92. The van der Waals surface area contributed by atoms with E-state index in [1.165, 1.54) is 0 Å². The van der Waals surface area contributed by atoms with Crippen molar-refractivity contribution in [3.8, 4) is 5.75 Å². The first-order valence-corrected chi connectivity index (χ1v) is 11.3. The molecule has 33 heavy (non-hydrogen) atoms. The Morgan fingerprint density at radius 3 is 2.82 bits per heavy atom. The number of ether oxygens (including phenoxy) is 1. The molecule has 0 radical (unpaired) electrons. The number of pyridine rings is 1. The predicted molar refractivity (Wildman–Crippen MR) is 127 cm³/mol. The van der Waals surface area contributed by atoms with Crippen LogP contribution in [0.2, 0.25) is 5.02 Å². The van der Waals surface area contributed by atoms with Crippen molar-refractivity contribution in [1.29, 1.82) is 0 Å². The van der Waals surface area contributed by atoms with E-state index in [0.29, 0.717) is 35.6 Å². The van der Waals surface area contributed by atoms with Crippen molar-refractivity contribution in [3.63, 3.8) is 0 Å². The second-order valence-electron chi connectivity index (χ2n) is 7.96. The minimum atomic E-state index is -0.00110. The van der Waals surface area contributed by atoms with Crippen LogP contribution in [-0.4, -0.2) is 58.5 Å². The van der Waals surface area contributed by atoms with E-state index >= 15 is 0 Å². The molecule has 170 valence electrons. The number of aromatic nitrogens is 3. The Bertz CT molecular complexity index is 1170. The lowest BCUT2D eigenvalue weighted by molar-refractivity contribution is -0.133.